The van der Waals surface area contributed by atoms with Crippen molar-refractivity contribution in [2.24, 2.45) is 0 Å². The Labute approximate surface area is 104 Å². The maximum Gasteiger partial charge on any atom is 0.207 e. The molecule has 90 valence electrons. The van der Waals surface area contributed by atoms with Crippen LogP contribution in [0.3, 0.4) is 0 Å². The van der Waals surface area contributed by atoms with Gasteiger partial charge in [0, 0.05) is 35.4 Å². The summed E-state index contributed by atoms with van der Waals surface area (Å²) in [7, 11) is 3.24. The highest BCUT2D eigenvalue weighted by Gasteiger charge is 2.04. The average Bonchev–Trinajstić information content (AvgIpc) is 2.74. The fourth-order valence-corrected chi connectivity index (χ4v) is 1.95. The normalized spacial score (nSPS) is 10.1. The van der Waals surface area contributed by atoms with Crippen molar-refractivity contribution in [1.82, 2.24) is 9.36 Å². The SMILES string of the molecule is COc1cc(Nc2nc(C)ns2)cc(OC)c1. The van der Waals surface area contributed by atoms with Gasteiger partial charge in [0.2, 0.25) is 5.13 Å². The first-order valence-electron chi connectivity index (χ1n) is 5.01. The van der Waals surface area contributed by atoms with Crippen molar-refractivity contribution in [3.63, 3.8) is 0 Å². The molecule has 0 aliphatic carbocycles. The summed E-state index contributed by atoms with van der Waals surface area (Å²) in [5.41, 5.74) is 0.859. The van der Waals surface area contributed by atoms with Gasteiger partial charge in [-0.1, -0.05) is 0 Å². The first-order chi connectivity index (χ1) is 8.21. The second-order valence-electron chi connectivity index (χ2n) is 3.37. The van der Waals surface area contributed by atoms with Crippen molar-refractivity contribution >= 4 is 22.4 Å². The van der Waals surface area contributed by atoms with Crippen LogP contribution in [0.5, 0.6) is 11.5 Å². The predicted molar refractivity (Wildman–Crippen MR) is 67.5 cm³/mol. The van der Waals surface area contributed by atoms with E-state index in [9.17, 15) is 0 Å². The van der Waals surface area contributed by atoms with Gasteiger partial charge in [-0.3, -0.25) is 0 Å². The monoisotopic (exact) mass is 251 g/mol. The molecule has 0 aliphatic heterocycles. The summed E-state index contributed by atoms with van der Waals surface area (Å²) in [6.45, 7) is 1.86. The summed E-state index contributed by atoms with van der Waals surface area (Å²) in [5.74, 6) is 2.22. The molecule has 17 heavy (non-hydrogen) atoms. The molecule has 0 saturated heterocycles. The van der Waals surface area contributed by atoms with Gasteiger partial charge in [-0.2, -0.15) is 4.37 Å². The molecule has 0 spiro atoms. The number of methoxy groups -OCH3 is 2. The Bertz CT molecular complexity index is 491. The largest absolute Gasteiger partial charge is 0.497 e. The lowest BCUT2D eigenvalue weighted by molar-refractivity contribution is 0.395. The zero-order chi connectivity index (χ0) is 12.3. The molecule has 1 heterocycles. The van der Waals surface area contributed by atoms with Crippen LogP contribution in [-0.2, 0) is 0 Å². The van der Waals surface area contributed by atoms with E-state index in [1.54, 1.807) is 14.2 Å². The number of aromatic nitrogens is 2. The van der Waals surface area contributed by atoms with Gasteiger partial charge in [0.1, 0.15) is 17.3 Å². The van der Waals surface area contributed by atoms with E-state index >= 15 is 0 Å². The smallest absolute Gasteiger partial charge is 0.207 e. The Kier molecular flexibility index (Phi) is 3.43. The van der Waals surface area contributed by atoms with Crippen molar-refractivity contribution in [2.75, 3.05) is 19.5 Å². The molecule has 0 bridgehead atoms. The zero-order valence-electron chi connectivity index (χ0n) is 9.85. The number of aryl methyl sites for hydroxylation is 1. The number of benzene rings is 1. The number of nitrogens with zero attached hydrogens (tertiary/aromatic N) is 2. The second kappa shape index (κ2) is 5.01. The number of rotatable bonds is 4. The third kappa shape index (κ3) is 2.85. The van der Waals surface area contributed by atoms with Crippen LogP contribution in [0.1, 0.15) is 5.82 Å². The Morgan fingerprint density at radius 2 is 1.76 bits per heavy atom. The number of anilines is 2. The van der Waals surface area contributed by atoms with Crippen molar-refractivity contribution in [2.45, 2.75) is 6.92 Å². The maximum atomic E-state index is 5.19. The van der Waals surface area contributed by atoms with Gasteiger partial charge in [-0.15, -0.1) is 0 Å². The van der Waals surface area contributed by atoms with E-state index in [1.165, 1.54) is 11.5 Å². The van der Waals surface area contributed by atoms with E-state index in [4.69, 9.17) is 9.47 Å². The van der Waals surface area contributed by atoms with Gasteiger partial charge < -0.3 is 14.8 Å². The van der Waals surface area contributed by atoms with Crippen molar-refractivity contribution in [1.29, 1.82) is 0 Å². The summed E-state index contributed by atoms with van der Waals surface area (Å²) < 4.78 is 14.5. The molecular weight excluding hydrogens is 238 g/mol. The molecular formula is C11H13N3O2S. The molecule has 0 saturated carbocycles. The van der Waals surface area contributed by atoms with E-state index in [2.05, 4.69) is 14.7 Å². The molecule has 0 aliphatic rings. The molecule has 2 rings (SSSR count). The molecule has 1 aromatic carbocycles. The zero-order valence-corrected chi connectivity index (χ0v) is 10.7. The van der Waals surface area contributed by atoms with E-state index < -0.39 is 0 Å². The molecule has 0 fully saturated rings. The topological polar surface area (TPSA) is 56.3 Å². The highest BCUT2D eigenvalue weighted by Crippen LogP contribution is 2.28. The first kappa shape index (κ1) is 11.7. The Morgan fingerprint density at radius 1 is 1.12 bits per heavy atom. The molecule has 1 aromatic heterocycles. The van der Waals surface area contributed by atoms with Crippen LogP contribution in [0.15, 0.2) is 18.2 Å². The molecule has 6 heteroatoms. The van der Waals surface area contributed by atoms with Crippen LogP contribution in [0, 0.1) is 6.92 Å². The van der Waals surface area contributed by atoms with E-state index in [1.807, 2.05) is 25.1 Å². The molecule has 0 atom stereocenters. The van der Waals surface area contributed by atoms with Gasteiger partial charge >= 0.3 is 0 Å². The molecule has 0 amide bonds. The van der Waals surface area contributed by atoms with E-state index in [0.29, 0.717) is 0 Å². The van der Waals surface area contributed by atoms with Gasteiger partial charge in [-0.25, -0.2) is 4.98 Å². The first-order valence-corrected chi connectivity index (χ1v) is 5.79. The minimum absolute atomic E-state index is 0.730. The lowest BCUT2D eigenvalue weighted by Gasteiger charge is -2.08. The van der Waals surface area contributed by atoms with Gasteiger partial charge in [0.15, 0.2) is 0 Å². The van der Waals surface area contributed by atoms with Crippen molar-refractivity contribution in [3.8, 4) is 11.5 Å². The number of nitrogens with one attached hydrogen (secondary N) is 1. The molecule has 0 unspecified atom stereocenters. The Hall–Kier alpha value is -1.82. The van der Waals surface area contributed by atoms with Crippen LogP contribution < -0.4 is 14.8 Å². The maximum absolute atomic E-state index is 5.19. The Morgan fingerprint density at radius 3 is 2.24 bits per heavy atom. The fourth-order valence-electron chi connectivity index (χ4n) is 1.35. The number of hydrogen-bond donors (Lipinski definition) is 1. The van der Waals surface area contributed by atoms with Gasteiger partial charge in [0.25, 0.3) is 0 Å². The van der Waals surface area contributed by atoms with E-state index in [-0.39, 0.29) is 0 Å². The highest BCUT2D eigenvalue weighted by molar-refractivity contribution is 7.09. The molecule has 2 aromatic rings. The summed E-state index contributed by atoms with van der Waals surface area (Å²) in [4.78, 5) is 4.23. The standard InChI is InChI=1S/C11H13N3O2S/c1-7-12-11(17-14-7)13-8-4-9(15-2)6-10(5-8)16-3/h4-6H,1-3H3,(H,12,13,14). The van der Waals surface area contributed by atoms with Crippen molar-refractivity contribution < 1.29 is 9.47 Å². The van der Waals surface area contributed by atoms with Crippen molar-refractivity contribution in [3.05, 3.63) is 24.0 Å². The highest BCUT2D eigenvalue weighted by atomic mass is 32.1. The summed E-state index contributed by atoms with van der Waals surface area (Å²) in [6.07, 6.45) is 0. The van der Waals surface area contributed by atoms with Crippen LogP contribution in [-0.4, -0.2) is 23.6 Å². The summed E-state index contributed by atoms with van der Waals surface area (Å²) >= 11 is 1.32. The van der Waals surface area contributed by atoms with Gasteiger partial charge in [-0.05, 0) is 6.92 Å². The lowest BCUT2D eigenvalue weighted by atomic mass is 10.3. The van der Waals surface area contributed by atoms with Crippen LogP contribution in [0.25, 0.3) is 0 Å². The number of ether oxygens (including phenoxy) is 2. The van der Waals surface area contributed by atoms with Gasteiger partial charge in [0.05, 0.1) is 14.2 Å². The molecule has 1 N–H and O–H groups in total. The fraction of sp³-hybridized carbons (Fsp3) is 0.273. The quantitative estimate of drug-likeness (QED) is 0.905. The van der Waals surface area contributed by atoms with Crippen LogP contribution in [0.2, 0.25) is 0 Å². The second-order valence-corrected chi connectivity index (χ2v) is 4.12. The number of hydrogen-bond acceptors (Lipinski definition) is 6. The predicted octanol–water partition coefficient (Wildman–Crippen LogP) is 2.61. The van der Waals surface area contributed by atoms with Crippen LogP contribution >= 0.6 is 11.5 Å². The Balaban J connectivity index is 2.25. The molecule has 5 nitrogen and oxygen atoms in total. The third-order valence-corrected chi connectivity index (χ3v) is 2.85. The average molecular weight is 251 g/mol. The van der Waals surface area contributed by atoms with Crippen LogP contribution in [0.4, 0.5) is 10.8 Å². The third-order valence-electron chi connectivity index (χ3n) is 2.13. The molecule has 0 radical (unpaired) electrons. The minimum Gasteiger partial charge on any atom is -0.497 e. The minimum atomic E-state index is 0.730. The summed E-state index contributed by atoms with van der Waals surface area (Å²) in [5, 5.41) is 3.91. The van der Waals surface area contributed by atoms with E-state index in [0.717, 1.165) is 28.1 Å². The summed E-state index contributed by atoms with van der Waals surface area (Å²) in [6, 6.07) is 5.56. The lowest BCUT2D eigenvalue weighted by Crippen LogP contribution is -1.93.